The Balaban J connectivity index is 3.34. The molecule has 1 aromatic heterocycles. The van der Waals surface area contributed by atoms with Gasteiger partial charge < -0.3 is 9.52 Å². The van der Waals surface area contributed by atoms with Gasteiger partial charge in [-0.15, -0.1) is 0 Å². The molecule has 0 aliphatic heterocycles. The lowest BCUT2D eigenvalue weighted by Crippen LogP contribution is -1.99. The molecule has 0 unspecified atom stereocenters. The van der Waals surface area contributed by atoms with Crippen LogP contribution in [0.3, 0.4) is 0 Å². The van der Waals surface area contributed by atoms with Gasteiger partial charge in [0.05, 0.1) is 0 Å². The maximum Gasteiger partial charge on any atom is 0.338 e. The van der Waals surface area contributed by atoms with Crippen molar-refractivity contribution in [3.05, 3.63) is 28.3 Å². The van der Waals surface area contributed by atoms with Gasteiger partial charge in [-0.2, -0.15) is 0 Å². The van der Waals surface area contributed by atoms with Gasteiger partial charge >= 0.3 is 5.63 Å². The van der Waals surface area contributed by atoms with Crippen molar-refractivity contribution < 1.29 is 9.52 Å². The first-order valence-corrected chi connectivity index (χ1v) is 2.48. The van der Waals surface area contributed by atoms with Crippen molar-refractivity contribution >= 4 is 0 Å². The van der Waals surface area contributed by atoms with Crippen LogP contribution in [-0.2, 0) is 0 Å². The van der Waals surface area contributed by atoms with Crippen LogP contribution in [0.2, 0.25) is 0 Å². The lowest BCUT2D eigenvalue weighted by atomic mass is 10.3. The molecular formula is C6H6O3. The molecule has 9 heavy (non-hydrogen) atoms. The Morgan fingerprint density at radius 2 is 2.33 bits per heavy atom. The predicted molar refractivity (Wildman–Crippen MR) is 31.4 cm³/mol. The maximum absolute atomic E-state index is 10.5. The van der Waals surface area contributed by atoms with E-state index >= 15 is 0 Å². The van der Waals surface area contributed by atoms with E-state index in [9.17, 15) is 4.79 Å². The minimum absolute atomic E-state index is 0.0212. The normalized spacial score (nSPS) is 9.44. The molecule has 3 heteroatoms. The van der Waals surface area contributed by atoms with Crippen LogP contribution in [0.5, 0.6) is 5.75 Å². The zero-order valence-electron chi connectivity index (χ0n) is 4.92. The minimum atomic E-state index is -0.409. The molecule has 0 amide bonds. The van der Waals surface area contributed by atoms with Crippen molar-refractivity contribution in [2.75, 3.05) is 0 Å². The van der Waals surface area contributed by atoms with Crippen molar-refractivity contribution in [1.82, 2.24) is 0 Å². The molecule has 1 N–H and O–H groups in total. The van der Waals surface area contributed by atoms with Crippen LogP contribution >= 0.6 is 0 Å². The quantitative estimate of drug-likeness (QED) is 0.555. The third-order valence-electron chi connectivity index (χ3n) is 0.973. The SMILES string of the molecule is Cc1cc(O)coc1=O. The molecule has 0 aromatic carbocycles. The molecule has 0 atom stereocenters. The first-order valence-electron chi connectivity index (χ1n) is 2.48. The van der Waals surface area contributed by atoms with E-state index in [-0.39, 0.29) is 5.75 Å². The van der Waals surface area contributed by atoms with E-state index in [1.54, 1.807) is 6.92 Å². The number of hydrogen-bond donors (Lipinski definition) is 1. The van der Waals surface area contributed by atoms with Crippen LogP contribution in [0.4, 0.5) is 0 Å². The van der Waals surface area contributed by atoms with Gasteiger partial charge in [-0.05, 0) is 13.0 Å². The van der Waals surface area contributed by atoms with Crippen LogP contribution in [-0.4, -0.2) is 5.11 Å². The average Bonchev–Trinajstić information content (AvgIpc) is 1.80. The molecule has 1 heterocycles. The van der Waals surface area contributed by atoms with Crippen molar-refractivity contribution in [1.29, 1.82) is 0 Å². The first-order chi connectivity index (χ1) is 4.20. The highest BCUT2D eigenvalue weighted by molar-refractivity contribution is 5.18. The Morgan fingerprint density at radius 3 is 2.78 bits per heavy atom. The highest BCUT2D eigenvalue weighted by atomic mass is 16.4. The summed E-state index contributed by atoms with van der Waals surface area (Å²) in [5, 5.41) is 8.70. The summed E-state index contributed by atoms with van der Waals surface area (Å²) >= 11 is 0. The average molecular weight is 126 g/mol. The molecule has 0 aliphatic carbocycles. The fourth-order valence-corrected chi connectivity index (χ4v) is 0.522. The zero-order chi connectivity index (χ0) is 6.85. The first kappa shape index (κ1) is 5.88. The van der Waals surface area contributed by atoms with Crippen molar-refractivity contribution in [3.63, 3.8) is 0 Å². The van der Waals surface area contributed by atoms with Gasteiger partial charge in [0, 0.05) is 5.56 Å². The van der Waals surface area contributed by atoms with E-state index in [1.165, 1.54) is 6.07 Å². The molecule has 0 aliphatic rings. The third kappa shape index (κ3) is 1.10. The Morgan fingerprint density at radius 1 is 1.67 bits per heavy atom. The molecule has 0 radical (unpaired) electrons. The van der Waals surface area contributed by atoms with E-state index < -0.39 is 5.63 Å². The monoisotopic (exact) mass is 126 g/mol. The number of rotatable bonds is 0. The topological polar surface area (TPSA) is 50.4 Å². The summed E-state index contributed by atoms with van der Waals surface area (Å²) in [6.07, 6.45) is 1.01. The van der Waals surface area contributed by atoms with Crippen LogP contribution in [0.25, 0.3) is 0 Å². The van der Waals surface area contributed by atoms with E-state index in [0.717, 1.165) is 6.26 Å². The summed E-state index contributed by atoms with van der Waals surface area (Å²) in [5.41, 5.74) is 0.00259. The van der Waals surface area contributed by atoms with Gasteiger partial charge in [0.15, 0.2) is 5.75 Å². The number of aromatic hydroxyl groups is 1. The number of hydrogen-bond acceptors (Lipinski definition) is 3. The summed E-state index contributed by atoms with van der Waals surface area (Å²) in [6, 6.07) is 1.35. The summed E-state index contributed by atoms with van der Waals surface area (Å²) in [5.74, 6) is -0.0212. The van der Waals surface area contributed by atoms with Gasteiger partial charge in [-0.25, -0.2) is 4.79 Å². The second kappa shape index (κ2) is 1.93. The molecule has 0 saturated heterocycles. The van der Waals surface area contributed by atoms with Gasteiger partial charge in [-0.3, -0.25) is 0 Å². The molecule has 0 spiro atoms. The lowest BCUT2D eigenvalue weighted by Gasteiger charge is -1.88. The Labute approximate surface area is 51.6 Å². The summed E-state index contributed by atoms with van der Waals surface area (Å²) in [4.78, 5) is 10.5. The second-order valence-electron chi connectivity index (χ2n) is 1.78. The largest absolute Gasteiger partial charge is 0.505 e. The molecular weight excluding hydrogens is 120 g/mol. The van der Waals surface area contributed by atoms with Crippen LogP contribution in [0, 0.1) is 6.92 Å². The molecule has 0 saturated carbocycles. The molecule has 1 aromatic rings. The van der Waals surface area contributed by atoms with Crippen LogP contribution in [0.15, 0.2) is 21.5 Å². The molecule has 0 bridgehead atoms. The molecule has 3 nitrogen and oxygen atoms in total. The Kier molecular flexibility index (Phi) is 1.26. The zero-order valence-corrected chi connectivity index (χ0v) is 4.92. The van der Waals surface area contributed by atoms with E-state index in [2.05, 4.69) is 4.42 Å². The highest BCUT2D eigenvalue weighted by Crippen LogP contribution is 2.04. The minimum Gasteiger partial charge on any atom is -0.505 e. The van der Waals surface area contributed by atoms with Gasteiger partial charge in [-0.1, -0.05) is 0 Å². The summed E-state index contributed by atoms with van der Waals surface area (Å²) in [6.45, 7) is 1.57. The highest BCUT2D eigenvalue weighted by Gasteiger charge is 1.93. The fourth-order valence-electron chi connectivity index (χ4n) is 0.522. The van der Waals surface area contributed by atoms with Crippen molar-refractivity contribution in [2.24, 2.45) is 0 Å². The number of aryl methyl sites for hydroxylation is 1. The van der Waals surface area contributed by atoms with Gasteiger partial charge in [0.25, 0.3) is 0 Å². The Hall–Kier alpha value is -1.25. The second-order valence-corrected chi connectivity index (χ2v) is 1.78. The Bertz CT molecular complexity index is 261. The standard InChI is InChI=1S/C6H6O3/c1-4-2-5(7)3-9-6(4)8/h2-3,7H,1H3. The smallest absolute Gasteiger partial charge is 0.338 e. The fraction of sp³-hybridized carbons (Fsp3) is 0.167. The van der Waals surface area contributed by atoms with Crippen LogP contribution < -0.4 is 5.63 Å². The van der Waals surface area contributed by atoms with E-state index in [1.807, 2.05) is 0 Å². The van der Waals surface area contributed by atoms with E-state index in [0.29, 0.717) is 5.56 Å². The van der Waals surface area contributed by atoms with Gasteiger partial charge in [0.1, 0.15) is 6.26 Å². The predicted octanol–water partition coefficient (Wildman–Crippen LogP) is 0.654. The molecule has 1 rings (SSSR count). The van der Waals surface area contributed by atoms with Crippen molar-refractivity contribution in [2.45, 2.75) is 6.92 Å². The lowest BCUT2D eigenvalue weighted by molar-refractivity contribution is 0.420. The van der Waals surface area contributed by atoms with Crippen LogP contribution in [0.1, 0.15) is 5.56 Å². The summed E-state index contributed by atoms with van der Waals surface area (Å²) < 4.78 is 4.38. The summed E-state index contributed by atoms with van der Waals surface area (Å²) in [7, 11) is 0. The van der Waals surface area contributed by atoms with Crippen molar-refractivity contribution in [3.8, 4) is 5.75 Å². The molecule has 48 valence electrons. The van der Waals surface area contributed by atoms with E-state index in [4.69, 9.17) is 5.11 Å². The molecule has 0 fully saturated rings. The third-order valence-corrected chi connectivity index (χ3v) is 0.973. The van der Waals surface area contributed by atoms with Gasteiger partial charge in [0.2, 0.25) is 0 Å². The maximum atomic E-state index is 10.5.